The number of benzene rings is 2. The van der Waals surface area contributed by atoms with E-state index >= 15 is 0 Å². The number of hydrogen-bond donors (Lipinski definition) is 0. The number of aromatic nitrogens is 1. The molecule has 1 heterocycles. The Morgan fingerprint density at radius 2 is 1.96 bits per heavy atom. The van der Waals surface area contributed by atoms with Crippen LogP contribution in [0.3, 0.4) is 0 Å². The summed E-state index contributed by atoms with van der Waals surface area (Å²) in [6.45, 7) is 2.06. The van der Waals surface area contributed by atoms with Gasteiger partial charge in [-0.3, -0.25) is 9.78 Å². The monoisotopic (exact) mass is 301 g/mol. The number of carbonyl (C=O) groups excluding carboxylic acids is 1. The second kappa shape index (κ2) is 7.01. The first-order chi connectivity index (χ1) is 11.2. The van der Waals surface area contributed by atoms with Crippen LogP contribution in [0.2, 0.25) is 0 Å². The van der Waals surface area contributed by atoms with E-state index in [1.165, 1.54) is 5.56 Å². The van der Waals surface area contributed by atoms with Crippen LogP contribution in [0.1, 0.15) is 23.1 Å². The molecule has 0 fully saturated rings. The average Bonchev–Trinajstić information content (AvgIpc) is 2.55. The molecule has 0 spiro atoms. The van der Waals surface area contributed by atoms with E-state index < -0.39 is 0 Å². The number of pyridine rings is 1. The van der Waals surface area contributed by atoms with Gasteiger partial charge in [0.2, 0.25) is 0 Å². The van der Waals surface area contributed by atoms with Gasteiger partial charge in [0.25, 0.3) is 0 Å². The van der Waals surface area contributed by atoms with Gasteiger partial charge in [-0.1, -0.05) is 60.2 Å². The molecule has 2 heteroatoms. The minimum Gasteiger partial charge on any atom is -0.299 e. The maximum Gasteiger partial charge on any atom is 0.141 e. The number of nitrogens with zero attached hydrogens (tertiary/aromatic N) is 1. The van der Waals surface area contributed by atoms with Crippen molar-refractivity contribution in [1.29, 1.82) is 0 Å². The van der Waals surface area contributed by atoms with E-state index in [1.54, 1.807) is 6.20 Å². The number of ketones is 1. The standard InChI is InChI=1S/C21H19NO/c1-16-6-4-7-17(12-16)8-5-10-20(23)14-18-13-19-9-2-3-11-21(19)22-15-18/h2-9,11-13,15H,10,14H2,1H3/b8-5+. The van der Waals surface area contributed by atoms with Gasteiger partial charge in [-0.15, -0.1) is 0 Å². The molecule has 0 unspecified atom stereocenters. The molecule has 0 aliphatic carbocycles. The average molecular weight is 301 g/mol. The summed E-state index contributed by atoms with van der Waals surface area (Å²) in [5.74, 6) is 0.200. The fraction of sp³-hybridized carbons (Fsp3) is 0.143. The van der Waals surface area contributed by atoms with E-state index in [9.17, 15) is 4.79 Å². The smallest absolute Gasteiger partial charge is 0.141 e. The lowest BCUT2D eigenvalue weighted by Crippen LogP contribution is -2.01. The van der Waals surface area contributed by atoms with Gasteiger partial charge in [0.15, 0.2) is 0 Å². The Kier molecular flexibility index (Phi) is 4.62. The Morgan fingerprint density at radius 1 is 1.09 bits per heavy atom. The molecule has 0 N–H and O–H groups in total. The molecule has 0 amide bonds. The Balaban J connectivity index is 1.62. The third kappa shape index (κ3) is 4.13. The van der Waals surface area contributed by atoms with Crippen molar-refractivity contribution >= 4 is 22.8 Å². The molecule has 3 rings (SSSR count). The molecule has 114 valence electrons. The first kappa shape index (κ1) is 15.2. The van der Waals surface area contributed by atoms with E-state index in [0.29, 0.717) is 12.8 Å². The van der Waals surface area contributed by atoms with Crippen molar-refractivity contribution in [3.05, 3.63) is 83.6 Å². The van der Waals surface area contributed by atoms with Crippen molar-refractivity contribution in [2.45, 2.75) is 19.8 Å². The first-order valence-electron chi connectivity index (χ1n) is 7.79. The predicted molar refractivity (Wildman–Crippen MR) is 95.3 cm³/mol. The van der Waals surface area contributed by atoms with Gasteiger partial charge in [-0.25, -0.2) is 0 Å². The lowest BCUT2D eigenvalue weighted by molar-refractivity contribution is -0.117. The molecule has 23 heavy (non-hydrogen) atoms. The van der Waals surface area contributed by atoms with Gasteiger partial charge in [-0.2, -0.15) is 0 Å². The third-order valence-corrected chi connectivity index (χ3v) is 3.75. The van der Waals surface area contributed by atoms with Gasteiger partial charge < -0.3 is 0 Å². The van der Waals surface area contributed by atoms with Crippen LogP contribution in [0.4, 0.5) is 0 Å². The van der Waals surface area contributed by atoms with E-state index in [1.807, 2.05) is 54.6 Å². The molecule has 0 radical (unpaired) electrons. The fourth-order valence-electron chi connectivity index (χ4n) is 2.61. The fourth-order valence-corrected chi connectivity index (χ4v) is 2.61. The van der Waals surface area contributed by atoms with E-state index in [2.05, 4.69) is 24.0 Å². The molecule has 0 atom stereocenters. The topological polar surface area (TPSA) is 30.0 Å². The molecule has 0 aliphatic rings. The lowest BCUT2D eigenvalue weighted by atomic mass is 10.1. The highest BCUT2D eigenvalue weighted by atomic mass is 16.1. The molecule has 0 bridgehead atoms. The highest BCUT2D eigenvalue weighted by Gasteiger charge is 2.03. The predicted octanol–water partition coefficient (Wildman–Crippen LogP) is 4.76. The van der Waals surface area contributed by atoms with Gasteiger partial charge >= 0.3 is 0 Å². The summed E-state index contributed by atoms with van der Waals surface area (Å²) in [6.07, 6.45) is 6.61. The van der Waals surface area contributed by atoms with Crippen LogP contribution in [-0.2, 0) is 11.2 Å². The highest BCUT2D eigenvalue weighted by Crippen LogP contribution is 2.14. The van der Waals surface area contributed by atoms with Crippen molar-refractivity contribution in [1.82, 2.24) is 4.98 Å². The Morgan fingerprint density at radius 3 is 2.83 bits per heavy atom. The summed E-state index contributed by atoms with van der Waals surface area (Å²) in [5, 5.41) is 1.08. The van der Waals surface area contributed by atoms with Gasteiger partial charge in [0, 0.05) is 24.4 Å². The molecule has 1 aromatic heterocycles. The Bertz CT molecular complexity index is 864. The van der Waals surface area contributed by atoms with Crippen molar-refractivity contribution in [2.75, 3.05) is 0 Å². The number of aryl methyl sites for hydroxylation is 1. The van der Waals surface area contributed by atoms with Crippen LogP contribution < -0.4 is 0 Å². The quantitative estimate of drug-likeness (QED) is 0.680. The first-order valence-corrected chi connectivity index (χ1v) is 7.79. The van der Waals surface area contributed by atoms with Crippen molar-refractivity contribution in [3.8, 4) is 0 Å². The third-order valence-electron chi connectivity index (χ3n) is 3.75. The zero-order valence-corrected chi connectivity index (χ0v) is 13.2. The maximum absolute atomic E-state index is 12.1. The summed E-state index contributed by atoms with van der Waals surface area (Å²) in [5.41, 5.74) is 4.28. The number of allylic oxidation sites excluding steroid dienone is 1. The number of fused-ring (bicyclic) bond motifs is 1. The van der Waals surface area contributed by atoms with Crippen LogP contribution >= 0.6 is 0 Å². The van der Waals surface area contributed by atoms with Crippen molar-refractivity contribution < 1.29 is 4.79 Å². The van der Waals surface area contributed by atoms with E-state index in [0.717, 1.165) is 22.0 Å². The zero-order valence-electron chi connectivity index (χ0n) is 13.2. The molecule has 0 saturated carbocycles. The zero-order chi connectivity index (χ0) is 16.1. The maximum atomic E-state index is 12.1. The van der Waals surface area contributed by atoms with Crippen molar-refractivity contribution in [3.63, 3.8) is 0 Å². The van der Waals surface area contributed by atoms with Gasteiger partial charge in [-0.05, 0) is 30.2 Å². The second-order valence-corrected chi connectivity index (χ2v) is 5.77. The molecule has 2 nitrogen and oxygen atoms in total. The van der Waals surface area contributed by atoms with Gasteiger partial charge in [0.05, 0.1) is 5.52 Å². The second-order valence-electron chi connectivity index (χ2n) is 5.77. The Labute approximate surface area is 136 Å². The molecule has 3 aromatic rings. The highest BCUT2D eigenvalue weighted by molar-refractivity contribution is 5.85. The Hall–Kier alpha value is -2.74. The largest absolute Gasteiger partial charge is 0.299 e. The summed E-state index contributed by atoms with van der Waals surface area (Å²) < 4.78 is 0. The van der Waals surface area contributed by atoms with Crippen molar-refractivity contribution in [2.24, 2.45) is 0 Å². The van der Waals surface area contributed by atoms with Crippen LogP contribution in [0.15, 0.2) is 66.9 Å². The summed E-state index contributed by atoms with van der Waals surface area (Å²) in [4.78, 5) is 16.5. The number of hydrogen-bond acceptors (Lipinski definition) is 2. The van der Waals surface area contributed by atoms with Crippen LogP contribution in [0, 0.1) is 6.92 Å². The minimum atomic E-state index is 0.200. The normalized spacial score (nSPS) is 11.2. The van der Waals surface area contributed by atoms with E-state index in [-0.39, 0.29) is 5.78 Å². The summed E-state index contributed by atoms with van der Waals surface area (Å²) >= 11 is 0. The molecular weight excluding hydrogens is 282 g/mol. The van der Waals surface area contributed by atoms with Crippen LogP contribution in [0.25, 0.3) is 17.0 Å². The minimum absolute atomic E-state index is 0.200. The summed E-state index contributed by atoms with van der Waals surface area (Å²) in [6, 6.07) is 18.2. The molecule has 2 aromatic carbocycles. The molecule has 0 aliphatic heterocycles. The number of Topliss-reactive ketones (excluding diaryl/α,β-unsaturated/α-hetero) is 1. The number of para-hydroxylation sites is 1. The number of carbonyl (C=O) groups is 1. The molecule has 0 saturated heterocycles. The van der Waals surface area contributed by atoms with Crippen LogP contribution in [-0.4, -0.2) is 10.8 Å². The number of rotatable bonds is 5. The van der Waals surface area contributed by atoms with Crippen LogP contribution in [0.5, 0.6) is 0 Å². The lowest BCUT2D eigenvalue weighted by Gasteiger charge is -2.02. The van der Waals surface area contributed by atoms with Gasteiger partial charge in [0.1, 0.15) is 5.78 Å². The SMILES string of the molecule is Cc1cccc(/C=C/CC(=O)Cc2cnc3ccccc3c2)c1. The molecular formula is C21H19NO. The summed E-state index contributed by atoms with van der Waals surface area (Å²) in [7, 11) is 0. The van der Waals surface area contributed by atoms with E-state index in [4.69, 9.17) is 0 Å².